The third kappa shape index (κ3) is 4.51. The molecule has 1 amide bonds. The van der Waals surface area contributed by atoms with E-state index < -0.39 is 17.2 Å². The lowest BCUT2D eigenvalue weighted by atomic mass is 9.70. The number of amides is 1. The number of rotatable bonds is 6. The average molecular weight is 463 g/mol. The number of aromatic nitrogens is 1. The summed E-state index contributed by atoms with van der Waals surface area (Å²) >= 11 is 0. The van der Waals surface area contributed by atoms with Gasteiger partial charge in [0.2, 0.25) is 0 Å². The van der Waals surface area contributed by atoms with Crippen molar-refractivity contribution in [2.45, 2.75) is 74.7 Å². The first kappa shape index (κ1) is 23.7. The molecule has 1 aromatic heterocycles. The molecule has 2 aromatic rings. The van der Waals surface area contributed by atoms with Crippen molar-refractivity contribution in [1.82, 2.24) is 9.88 Å². The number of alkyl halides is 3. The van der Waals surface area contributed by atoms with E-state index in [0.29, 0.717) is 25.3 Å². The smallest absolute Gasteiger partial charge is 0.395 e. The fraction of sp³-hybridized carbons (Fsp3) is 0.520. The van der Waals surface area contributed by atoms with E-state index in [9.17, 15) is 28.2 Å². The number of aliphatic hydroxyl groups excluding tert-OH is 1. The molecule has 1 aromatic carbocycles. The van der Waals surface area contributed by atoms with Gasteiger partial charge in [0.25, 0.3) is 5.91 Å². The fourth-order valence-corrected chi connectivity index (χ4v) is 4.84. The van der Waals surface area contributed by atoms with Crippen molar-refractivity contribution in [2.24, 2.45) is 0 Å². The largest absolute Gasteiger partial charge is 0.421 e. The maximum Gasteiger partial charge on any atom is 0.421 e. The van der Waals surface area contributed by atoms with Gasteiger partial charge in [-0.15, -0.1) is 0 Å². The number of carbonyl (C=O) groups is 1. The molecule has 0 bridgehead atoms. The number of carbonyl (C=O) groups excluding carboxylic acids is 1. The molecule has 1 heterocycles. The molecule has 4 rings (SSSR count). The molecular weight excluding hydrogens is 433 g/mol. The number of hydrogen-bond donors (Lipinski definition) is 2. The fourth-order valence-electron chi connectivity index (χ4n) is 4.84. The molecule has 178 valence electrons. The van der Waals surface area contributed by atoms with Crippen molar-refractivity contribution >= 4 is 5.91 Å². The first-order chi connectivity index (χ1) is 15.6. The van der Waals surface area contributed by atoms with E-state index in [0.717, 1.165) is 31.4 Å². The Morgan fingerprint density at radius 3 is 2.15 bits per heavy atom. The van der Waals surface area contributed by atoms with Gasteiger partial charge >= 0.3 is 6.18 Å². The number of hydrogen-bond acceptors (Lipinski definition) is 4. The molecule has 0 radical (unpaired) electrons. The standard InChI is InChI=1S/C25H29F3N2O3/c1-23(33,25(26,27)28)18-7-5-17(6-8-18)22(32)30(19-9-10-19)20-11-13-24(16-31,14-12-20)21-4-2-3-15-29-21/h2-8,15,19-20,31,33H,9-14,16H2,1H3/t20?,23-,24?/m0/s1. The van der Waals surface area contributed by atoms with Crippen LogP contribution in [0.5, 0.6) is 0 Å². The molecule has 2 N–H and O–H groups in total. The van der Waals surface area contributed by atoms with Crippen LogP contribution in [0, 0.1) is 0 Å². The van der Waals surface area contributed by atoms with E-state index in [4.69, 9.17) is 0 Å². The molecule has 0 saturated heterocycles. The van der Waals surface area contributed by atoms with E-state index in [2.05, 4.69) is 4.98 Å². The number of pyridine rings is 1. The Labute approximate surface area is 191 Å². The van der Waals surface area contributed by atoms with Crippen molar-refractivity contribution in [3.8, 4) is 0 Å². The number of aliphatic hydroxyl groups is 2. The second-order valence-corrected chi connectivity index (χ2v) is 9.48. The summed E-state index contributed by atoms with van der Waals surface area (Å²) in [7, 11) is 0. The zero-order valence-electron chi connectivity index (χ0n) is 18.6. The van der Waals surface area contributed by atoms with Gasteiger partial charge < -0.3 is 15.1 Å². The van der Waals surface area contributed by atoms with E-state index in [1.807, 2.05) is 23.1 Å². The Kier molecular flexibility index (Phi) is 6.26. The molecule has 2 saturated carbocycles. The van der Waals surface area contributed by atoms with Crippen molar-refractivity contribution in [1.29, 1.82) is 0 Å². The molecule has 0 aliphatic heterocycles. The van der Waals surface area contributed by atoms with Crippen molar-refractivity contribution in [3.63, 3.8) is 0 Å². The molecule has 5 nitrogen and oxygen atoms in total. The minimum atomic E-state index is -4.81. The van der Waals surface area contributed by atoms with E-state index in [-0.39, 0.29) is 30.2 Å². The van der Waals surface area contributed by atoms with E-state index in [1.165, 1.54) is 24.3 Å². The highest BCUT2D eigenvalue weighted by Crippen LogP contribution is 2.43. The molecule has 8 heteroatoms. The average Bonchev–Trinajstić information content (AvgIpc) is 3.65. The van der Waals surface area contributed by atoms with Crippen molar-refractivity contribution in [2.75, 3.05) is 6.61 Å². The lowest BCUT2D eigenvalue weighted by Crippen LogP contribution is -2.47. The van der Waals surface area contributed by atoms with Crippen LogP contribution in [0.2, 0.25) is 0 Å². The van der Waals surface area contributed by atoms with E-state index in [1.54, 1.807) is 6.20 Å². The quantitative estimate of drug-likeness (QED) is 0.670. The predicted octanol–water partition coefficient (Wildman–Crippen LogP) is 4.33. The first-order valence-corrected chi connectivity index (χ1v) is 11.3. The summed E-state index contributed by atoms with van der Waals surface area (Å²) in [6, 6.07) is 10.9. The Balaban J connectivity index is 1.50. The monoisotopic (exact) mass is 462 g/mol. The van der Waals surface area contributed by atoms with Crippen LogP contribution < -0.4 is 0 Å². The van der Waals surface area contributed by atoms with Crippen LogP contribution in [-0.4, -0.2) is 50.9 Å². The predicted molar refractivity (Wildman–Crippen MR) is 117 cm³/mol. The second-order valence-electron chi connectivity index (χ2n) is 9.48. The van der Waals surface area contributed by atoms with Gasteiger partial charge in [-0.1, -0.05) is 18.2 Å². The van der Waals surface area contributed by atoms with Crippen molar-refractivity contribution < 1.29 is 28.2 Å². The topological polar surface area (TPSA) is 73.7 Å². The maximum absolute atomic E-state index is 13.4. The molecular formula is C25H29F3N2O3. The highest BCUT2D eigenvalue weighted by Gasteiger charge is 2.51. The SMILES string of the molecule is C[C@](O)(c1ccc(C(=O)N(C2CC2)C2CCC(CO)(c3ccccn3)CC2)cc1)C(F)(F)F. The molecule has 0 unspecified atom stereocenters. The normalized spacial score (nSPS) is 25.3. The van der Waals surface area contributed by atoms with Gasteiger partial charge in [0.1, 0.15) is 0 Å². The van der Waals surface area contributed by atoms with Crippen LogP contribution in [0.3, 0.4) is 0 Å². The van der Waals surface area contributed by atoms with Crippen molar-refractivity contribution in [3.05, 3.63) is 65.5 Å². The van der Waals surface area contributed by atoms with Gasteiger partial charge in [-0.2, -0.15) is 13.2 Å². The third-order valence-corrected chi connectivity index (χ3v) is 7.24. The van der Waals surface area contributed by atoms with Gasteiger partial charge in [-0.3, -0.25) is 9.78 Å². The second kappa shape index (κ2) is 8.72. The molecule has 2 fully saturated rings. The molecule has 0 spiro atoms. The Morgan fingerprint density at radius 2 is 1.67 bits per heavy atom. The Bertz CT molecular complexity index is 965. The lowest BCUT2D eigenvalue weighted by Gasteiger charge is -2.42. The third-order valence-electron chi connectivity index (χ3n) is 7.24. The first-order valence-electron chi connectivity index (χ1n) is 11.3. The summed E-state index contributed by atoms with van der Waals surface area (Å²) in [5.74, 6) is -0.199. The van der Waals surface area contributed by atoms with Crippen LogP contribution >= 0.6 is 0 Å². The van der Waals surface area contributed by atoms with Crippen LogP contribution in [0.15, 0.2) is 48.7 Å². The van der Waals surface area contributed by atoms with Crippen LogP contribution in [0.25, 0.3) is 0 Å². The summed E-state index contributed by atoms with van der Waals surface area (Å²) in [6.07, 6.45) is 1.58. The summed E-state index contributed by atoms with van der Waals surface area (Å²) in [6.45, 7) is 0.700. The molecule has 1 atom stereocenters. The van der Waals surface area contributed by atoms with Gasteiger partial charge in [0.15, 0.2) is 5.60 Å². The molecule has 2 aliphatic rings. The summed E-state index contributed by atoms with van der Waals surface area (Å²) in [5, 5.41) is 20.0. The van der Waals surface area contributed by atoms with Crippen LogP contribution in [0.1, 0.15) is 67.1 Å². The zero-order chi connectivity index (χ0) is 23.9. The number of benzene rings is 1. The highest BCUT2D eigenvalue weighted by molar-refractivity contribution is 5.95. The number of halogens is 3. The van der Waals surface area contributed by atoms with Crippen LogP contribution in [-0.2, 0) is 11.0 Å². The van der Waals surface area contributed by atoms with Gasteiger partial charge in [0, 0.05) is 35.0 Å². The summed E-state index contributed by atoms with van der Waals surface area (Å²) in [5.41, 5.74) is -2.52. The summed E-state index contributed by atoms with van der Waals surface area (Å²) < 4.78 is 39.4. The van der Waals surface area contributed by atoms with Crippen LogP contribution in [0.4, 0.5) is 13.2 Å². The van der Waals surface area contributed by atoms with Gasteiger partial charge in [-0.25, -0.2) is 0 Å². The molecule has 33 heavy (non-hydrogen) atoms. The lowest BCUT2D eigenvalue weighted by molar-refractivity contribution is -0.258. The highest BCUT2D eigenvalue weighted by atomic mass is 19.4. The number of nitrogens with zero attached hydrogens (tertiary/aromatic N) is 2. The maximum atomic E-state index is 13.4. The van der Waals surface area contributed by atoms with Gasteiger partial charge in [-0.05, 0) is 75.3 Å². The Hall–Kier alpha value is -2.45. The van der Waals surface area contributed by atoms with E-state index >= 15 is 0 Å². The van der Waals surface area contributed by atoms with Gasteiger partial charge in [0.05, 0.1) is 6.61 Å². The zero-order valence-corrected chi connectivity index (χ0v) is 18.6. The molecule has 2 aliphatic carbocycles. The Morgan fingerprint density at radius 1 is 1.06 bits per heavy atom. The minimum Gasteiger partial charge on any atom is -0.395 e. The minimum absolute atomic E-state index is 0.00525. The summed E-state index contributed by atoms with van der Waals surface area (Å²) in [4.78, 5) is 19.7.